The Morgan fingerprint density at radius 1 is 1.44 bits per heavy atom. The van der Waals surface area contributed by atoms with Gasteiger partial charge in [-0.15, -0.1) is 0 Å². The maximum Gasteiger partial charge on any atom is 0.407 e. The number of carboxylic acid groups (broad SMARTS) is 1. The van der Waals surface area contributed by atoms with E-state index in [4.69, 9.17) is 5.11 Å². The molecule has 1 aromatic carbocycles. The van der Waals surface area contributed by atoms with Crippen LogP contribution in [0.1, 0.15) is 17.2 Å². The van der Waals surface area contributed by atoms with E-state index < -0.39 is 18.1 Å². The van der Waals surface area contributed by atoms with Crippen LogP contribution in [0.25, 0.3) is 0 Å². The minimum absolute atomic E-state index is 0.512. The van der Waals surface area contributed by atoms with Gasteiger partial charge in [0.25, 0.3) is 0 Å². The van der Waals surface area contributed by atoms with E-state index in [0.717, 1.165) is 5.56 Å². The van der Waals surface area contributed by atoms with Crippen molar-refractivity contribution >= 4 is 12.1 Å². The average Bonchev–Trinajstić information content (AvgIpc) is 2.25. The molecule has 0 radical (unpaired) electrons. The lowest BCUT2D eigenvalue weighted by Gasteiger charge is -2.14. The van der Waals surface area contributed by atoms with Crippen molar-refractivity contribution in [1.29, 1.82) is 0 Å². The Kier molecular flexibility index (Phi) is 3.88. The van der Waals surface area contributed by atoms with Crippen LogP contribution in [0.15, 0.2) is 24.3 Å². The number of carboxylic acids is 1. The number of carbonyl (C=O) groups is 2. The lowest BCUT2D eigenvalue weighted by molar-refractivity contribution is -0.139. The molecule has 1 amide bonds. The zero-order chi connectivity index (χ0) is 12.1. The number of hydrogen-bond acceptors (Lipinski definition) is 3. The highest BCUT2D eigenvalue weighted by atomic mass is 16.5. The Morgan fingerprint density at radius 2 is 2.12 bits per heavy atom. The van der Waals surface area contributed by atoms with Crippen molar-refractivity contribution < 1.29 is 19.4 Å². The van der Waals surface area contributed by atoms with Crippen molar-refractivity contribution in [2.24, 2.45) is 0 Å². The first-order chi connectivity index (χ1) is 7.54. The molecule has 1 atom stereocenters. The zero-order valence-corrected chi connectivity index (χ0v) is 9.06. The summed E-state index contributed by atoms with van der Waals surface area (Å²) in [5, 5.41) is 11.2. The van der Waals surface area contributed by atoms with E-state index in [-0.39, 0.29) is 0 Å². The molecule has 1 rings (SSSR count). The van der Waals surface area contributed by atoms with Crippen LogP contribution in [-0.4, -0.2) is 24.3 Å². The normalized spacial score (nSPS) is 11.6. The highest BCUT2D eigenvalue weighted by Crippen LogP contribution is 2.14. The molecule has 0 aliphatic carbocycles. The largest absolute Gasteiger partial charge is 0.479 e. The monoisotopic (exact) mass is 223 g/mol. The van der Waals surface area contributed by atoms with E-state index in [1.165, 1.54) is 7.11 Å². The molecule has 0 fully saturated rings. The summed E-state index contributed by atoms with van der Waals surface area (Å²) in [7, 11) is 1.19. The number of ether oxygens (including phenoxy) is 1. The van der Waals surface area contributed by atoms with E-state index >= 15 is 0 Å². The first-order valence-electron chi connectivity index (χ1n) is 4.68. The summed E-state index contributed by atoms with van der Waals surface area (Å²) in [6.45, 7) is 1.85. The van der Waals surface area contributed by atoms with Crippen LogP contribution in [0.5, 0.6) is 0 Å². The van der Waals surface area contributed by atoms with E-state index in [1.54, 1.807) is 18.2 Å². The van der Waals surface area contributed by atoms with Crippen LogP contribution in [-0.2, 0) is 9.53 Å². The third kappa shape index (κ3) is 2.98. The predicted molar refractivity (Wildman–Crippen MR) is 57.1 cm³/mol. The average molecular weight is 223 g/mol. The molecule has 86 valence electrons. The Bertz CT molecular complexity index is 403. The van der Waals surface area contributed by atoms with Gasteiger partial charge in [0, 0.05) is 0 Å². The molecule has 5 heteroatoms. The van der Waals surface area contributed by atoms with Gasteiger partial charge in [-0.25, -0.2) is 9.59 Å². The van der Waals surface area contributed by atoms with Crippen LogP contribution >= 0.6 is 0 Å². The smallest absolute Gasteiger partial charge is 0.407 e. The van der Waals surface area contributed by atoms with Crippen molar-refractivity contribution in [2.75, 3.05) is 7.11 Å². The standard InChI is InChI=1S/C11H13NO4/c1-7-4-3-5-8(6-7)9(10(13)14)12-11(15)16-2/h3-6,9H,1-2H3,(H,12,15)(H,13,14)/t9-/m1/s1. The molecule has 0 aromatic heterocycles. The lowest BCUT2D eigenvalue weighted by atomic mass is 10.0. The number of carbonyl (C=O) groups excluding carboxylic acids is 1. The van der Waals surface area contributed by atoms with E-state index in [0.29, 0.717) is 5.56 Å². The third-order valence-electron chi connectivity index (χ3n) is 2.07. The zero-order valence-electron chi connectivity index (χ0n) is 9.06. The highest BCUT2D eigenvalue weighted by molar-refractivity contribution is 5.81. The first kappa shape index (κ1) is 12.0. The van der Waals surface area contributed by atoms with Crippen LogP contribution in [0, 0.1) is 6.92 Å². The molecule has 0 aliphatic rings. The second-order valence-electron chi connectivity index (χ2n) is 3.32. The number of aliphatic carboxylic acids is 1. The Hall–Kier alpha value is -2.04. The Balaban J connectivity index is 2.94. The molecule has 0 heterocycles. The quantitative estimate of drug-likeness (QED) is 0.813. The molecule has 16 heavy (non-hydrogen) atoms. The summed E-state index contributed by atoms with van der Waals surface area (Å²) in [5.74, 6) is -1.13. The summed E-state index contributed by atoms with van der Waals surface area (Å²) in [4.78, 5) is 22.0. The minimum Gasteiger partial charge on any atom is -0.479 e. The van der Waals surface area contributed by atoms with Crippen molar-refractivity contribution in [3.8, 4) is 0 Å². The molecule has 5 nitrogen and oxygen atoms in total. The summed E-state index contributed by atoms with van der Waals surface area (Å²) in [6, 6.07) is 5.84. The van der Waals surface area contributed by atoms with Crippen LogP contribution in [0.2, 0.25) is 0 Å². The van der Waals surface area contributed by atoms with Gasteiger partial charge < -0.3 is 15.2 Å². The van der Waals surface area contributed by atoms with Crippen molar-refractivity contribution in [3.63, 3.8) is 0 Å². The summed E-state index contributed by atoms with van der Waals surface area (Å²) < 4.78 is 4.37. The van der Waals surface area contributed by atoms with Gasteiger partial charge in [0.15, 0.2) is 6.04 Å². The Morgan fingerprint density at radius 3 is 2.62 bits per heavy atom. The molecule has 0 saturated carbocycles. The number of benzene rings is 1. The molecule has 0 unspecified atom stereocenters. The van der Waals surface area contributed by atoms with Gasteiger partial charge in [-0.05, 0) is 12.5 Å². The molecule has 0 saturated heterocycles. The van der Waals surface area contributed by atoms with E-state index in [2.05, 4.69) is 10.1 Å². The number of alkyl carbamates (subject to hydrolysis) is 1. The fourth-order valence-electron chi connectivity index (χ4n) is 1.31. The molecule has 2 N–H and O–H groups in total. The van der Waals surface area contributed by atoms with Crippen molar-refractivity contribution in [1.82, 2.24) is 5.32 Å². The molecular formula is C11H13NO4. The fraction of sp³-hybridized carbons (Fsp3) is 0.273. The highest BCUT2D eigenvalue weighted by Gasteiger charge is 2.22. The van der Waals surface area contributed by atoms with Gasteiger partial charge in [-0.3, -0.25) is 0 Å². The topological polar surface area (TPSA) is 75.6 Å². The van der Waals surface area contributed by atoms with Crippen LogP contribution < -0.4 is 5.32 Å². The fourth-order valence-corrected chi connectivity index (χ4v) is 1.31. The number of hydrogen-bond donors (Lipinski definition) is 2. The Labute approximate surface area is 93.0 Å². The maximum absolute atomic E-state index is 11.0. The van der Waals surface area contributed by atoms with Gasteiger partial charge >= 0.3 is 12.1 Å². The van der Waals surface area contributed by atoms with E-state index in [1.807, 2.05) is 13.0 Å². The summed E-state index contributed by atoms with van der Waals surface area (Å²) >= 11 is 0. The lowest BCUT2D eigenvalue weighted by Crippen LogP contribution is -2.33. The van der Waals surface area contributed by atoms with Crippen molar-refractivity contribution in [2.45, 2.75) is 13.0 Å². The first-order valence-corrected chi connectivity index (χ1v) is 4.68. The van der Waals surface area contributed by atoms with Gasteiger partial charge in [0.1, 0.15) is 0 Å². The second-order valence-corrected chi connectivity index (χ2v) is 3.32. The summed E-state index contributed by atoms with van der Waals surface area (Å²) in [5.41, 5.74) is 1.44. The van der Waals surface area contributed by atoms with Gasteiger partial charge in [-0.2, -0.15) is 0 Å². The van der Waals surface area contributed by atoms with Gasteiger partial charge in [-0.1, -0.05) is 29.8 Å². The predicted octanol–water partition coefficient (Wildman–Crippen LogP) is 1.48. The molecule has 1 aromatic rings. The van der Waals surface area contributed by atoms with Crippen LogP contribution in [0.4, 0.5) is 4.79 Å². The SMILES string of the molecule is COC(=O)N[C@@H](C(=O)O)c1cccc(C)c1. The number of amides is 1. The molecule has 0 bridgehead atoms. The number of methoxy groups -OCH3 is 1. The molecule has 0 spiro atoms. The van der Waals surface area contributed by atoms with Crippen molar-refractivity contribution in [3.05, 3.63) is 35.4 Å². The minimum atomic E-state index is -1.13. The maximum atomic E-state index is 11.0. The number of rotatable bonds is 3. The number of nitrogens with one attached hydrogen (secondary N) is 1. The molecular weight excluding hydrogens is 210 g/mol. The number of aryl methyl sites for hydroxylation is 1. The van der Waals surface area contributed by atoms with Gasteiger partial charge in [0.05, 0.1) is 7.11 Å². The second kappa shape index (κ2) is 5.16. The van der Waals surface area contributed by atoms with Gasteiger partial charge in [0.2, 0.25) is 0 Å². The third-order valence-corrected chi connectivity index (χ3v) is 2.07. The summed E-state index contributed by atoms with van der Waals surface area (Å²) in [6.07, 6.45) is -0.770. The van der Waals surface area contributed by atoms with E-state index in [9.17, 15) is 9.59 Å². The van der Waals surface area contributed by atoms with Crippen LogP contribution in [0.3, 0.4) is 0 Å². The molecule has 0 aliphatic heterocycles.